The molecule has 0 amide bonds. The summed E-state index contributed by atoms with van der Waals surface area (Å²) in [5.74, 6) is -0.437. The van der Waals surface area contributed by atoms with E-state index in [4.69, 9.17) is 4.74 Å². The Morgan fingerprint density at radius 3 is 2.55 bits per heavy atom. The molecule has 0 N–H and O–H groups in total. The number of ether oxygens (including phenoxy) is 1. The summed E-state index contributed by atoms with van der Waals surface area (Å²) < 4.78 is 7.97. The number of benzene rings is 2. The molecule has 0 aliphatic carbocycles. The van der Waals surface area contributed by atoms with Gasteiger partial charge in [0.05, 0.1) is 18.3 Å². The first-order chi connectivity index (χ1) is 14.0. The Labute approximate surface area is 179 Å². The van der Waals surface area contributed by atoms with Crippen LogP contribution in [0.2, 0.25) is 0 Å². The van der Waals surface area contributed by atoms with Gasteiger partial charge in [-0.15, -0.1) is 11.3 Å². The topological polar surface area (TPSA) is 61.2 Å². The maximum absolute atomic E-state index is 13.0. The maximum Gasteiger partial charge on any atom is 0.349 e. The summed E-state index contributed by atoms with van der Waals surface area (Å²) in [6.07, 6.45) is 1.53. The van der Waals surface area contributed by atoms with E-state index in [1.807, 2.05) is 54.6 Å². The van der Waals surface area contributed by atoms with Crippen LogP contribution in [0.1, 0.15) is 26.4 Å². The average Bonchev–Trinajstić information content (AvgIpc) is 3.08. The van der Waals surface area contributed by atoms with Crippen molar-refractivity contribution in [3.63, 3.8) is 0 Å². The van der Waals surface area contributed by atoms with Crippen molar-refractivity contribution in [1.82, 2.24) is 9.55 Å². The molecular weight excluding hydrogens is 452 g/mol. The van der Waals surface area contributed by atoms with E-state index in [0.29, 0.717) is 27.2 Å². The van der Waals surface area contributed by atoms with Crippen LogP contribution in [-0.4, -0.2) is 15.5 Å². The number of carbonyl (C=O) groups excluding carboxylic acids is 1. The highest BCUT2D eigenvalue weighted by atomic mass is 79.9. The van der Waals surface area contributed by atoms with Gasteiger partial charge >= 0.3 is 5.97 Å². The van der Waals surface area contributed by atoms with Crippen LogP contribution in [0.5, 0.6) is 0 Å². The monoisotopic (exact) mass is 468 g/mol. The fourth-order valence-electron chi connectivity index (χ4n) is 3.04. The largest absolute Gasteiger partial charge is 0.457 e. The van der Waals surface area contributed by atoms with Gasteiger partial charge in [-0.2, -0.15) is 0 Å². The van der Waals surface area contributed by atoms with Crippen LogP contribution in [0, 0.1) is 6.92 Å². The van der Waals surface area contributed by atoms with E-state index in [9.17, 15) is 9.59 Å². The van der Waals surface area contributed by atoms with Gasteiger partial charge in [0.1, 0.15) is 16.3 Å². The number of carbonyl (C=O) groups is 1. The zero-order valence-electron chi connectivity index (χ0n) is 15.6. The number of nitrogens with zero attached hydrogens (tertiary/aromatic N) is 2. The van der Waals surface area contributed by atoms with E-state index in [0.717, 1.165) is 15.6 Å². The molecule has 2 aromatic heterocycles. The molecule has 7 heteroatoms. The summed E-state index contributed by atoms with van der Waals surface area (Å²) in [6, 6.07) is 17.3. The molecule has 0 spiro atoms. The van der Waals surface area contributed by atoms with Crippen LogP contribution >= 0.6 is 27.3 Å². The third kappa shape index (κ3) is 4.16. The third-order valence-corrected chi connectivity index (χ3v) is 6.29. The number of hydrogen-bond acceptors (Lipinski definition) is 5. The Morgan fingerprint density at radius 2 is 1.83 bits per heavy atom. The second kappa shape index (κ2) is 8.31. The Hall–Kier alpha value is -2.77. The number of hydrogen-bond donors (Lipinski definition) is 0. The molecule has 0 atom stereocenters. The first kappa shape index (κ1) is 19.5. The van der Waals surface area contributed by atoms with Gasteiger partial charge in [-0.05, 0) is 35.7 Å². The number of aromatic nitrogens is 2. The summed E-state index contributed by atoms with van der Waals surface area (Å²) in [6.45, 7) is 2.37. The highest BCUT2D eigenvalue weighted by molar-refractivity contribution is 9.10. The van der Waals surface area contributed by atoms with Crippen molar-refractivity contribution >= 4 is 43.5 Å². The van der Waals surface area contributed by atoms with Crippen molar-refractivity contribution in [3.05, 3.63) is 97.3 Å². The number of thiophene rings is 1. The lowest BCUT2D eigenvalue weighted by atomic mass is 10.2. The molecule has 2 aromatic carbocycles. The van der Waals surface area contributed by atoms with Crippen LogP contribution in [-0.2, 0) is 17.9 Å². The maximum atomic E-state index is 13.0. The van der Waals surface area contributed by atoms with Crippen LogP contribution in [0.25, 0.3) is 10.2 Å². The number of halogens is 1. The molecule has 29 heavy (non-hydrogen) atoms. The van der Waals surface area contributed by atoms with Gasteiger partial charge in [-0.3, -0.25) is 9.36 Å². The Balaban J connectivity index is 1.61. The smallest absolute Gasteiger partial charge is 0.349 e. The predicted molar refractivity (Wildman–Crippen MR) is 117 cm³/mol. The number of rotatable bonds is 5. The van der Waals surface area contributed by atoms with Crippen molar-refractivity contribution in [2.75, 3.05) is 0 Å². The van der Waals surface area contributed by atoms with Gasteiger partial charge in [-0.1, -0.05) is 58.4 Å². The lowest BCUT2D eigenvalue weighted by Gasteiger charge is -2.06. The van der Waals surface area contributed by atoms with Crippen LogP contribution < -0.4 is 5.56 Å². The Kier molecular flexibility index (Phi) is 5.60. The minimum atomic E-state index is -0.437. The van der Waals surface area contributed by atoms with Crippen molar-refractivity contribution in [3.8, 4) is 0 Å². The van der Waals surface area contributed by atoms with Gasteiger partial charge in [0.25, 0.3) is 5.56 Å². The zero-order chi connectivity index (χ0) is 20.4. The van der Waals surface area contributed by atoms with E-state index in [1.54, 1.807) is 11.5 Å². The summed E-state index contributed by atoms with van der Waals surface area (Å²) in [5.41, 5.74) is 2.36. The number of fused-ring (bicyclic) bond motifs is 1. The van der Waals surface area contributed by atoms with Gasteiger partial charge in [-0.25, -0.2) is 9.78 Å². The molecule has 146 valence electrons. The zero-order valence-corrected chi connectivity index (χ0v) is 18.0. The highest BCUT2D eigenvalue weighted by Gasteiger charge is 2.20. The third-order valence-electron chi connectivity index (χ3n) is 4.58. The van der Waals surface area contributed by atoms with E-state index in [1.165, 1.54) is 17.7 Å². The minimum Gasteiger partial charge on any atom is -0.457 e. The summed E-state index contributed by atoms with van der Waals surface area (Å²) in [7, 11) is 0. The first-order valence-electron chi connectivity index (χ1n) is 8.97. The molecule has 0 aliphatic heterocycles. The Morgan fingerprint density at radius 1 is 1.10 bits per heavy atom. The van der Waals surface area contributed by atoms with Crippen molar-refractivity contribution < 1.29 is 9.53 Å². The van der Waals surface area contributed by atoms with E-state index in [2.05, 4.69) is 20.9 Å². The quantitative estimate of drug-likeness (QED) is 0.389. The SMILES string of the molecule is Cc1c(C(=O)OCc2ccccc2)sc2ncn(Cc3ccc(Br)cc3)c(=O)c12. The van der Waals surface area contributed by atoms with E-state index < -0.39 is 5.97 Å². The molecule has 0 saturated carbocycles. The lowest BCUT2D eigenvalue weighted by Crippen LogP contribution is -2.21. The summed E-state index contributed by atoms with van der Waals surface area (Å²) in [5, 5.41) is 0.473. The van der Waals surface area contributed by atoms with Crippen LogP contribution in [0.15, 0.2) is 70.2 Å². The van der Waals surface area contributed by atoms with Gasteiger partial charge in [0, 0.05) is 4.47 Å². The summed E-state index contributed by atoms with van der Waals surface area (Å²) in [4.78, 5) is 30.9. The van der Waals surface area contributed by atoms with Crippen molar-refractivity contribution in [2.45, 2.75) is 20.1 Å². The highest BCUT2D eigenvalue weighted by Crippen LogP contribution is 2.27. The first-order valence-corrected chi connectivity index (χ1v) is 10.6. The normalized spacial score (nSPS) is 11.0. The summed E-state index contributed by atoms with van der Waals surface area (Å²) >= 11 is 4.60. The molecule has 4 aromatic rings. The van der Waals surface area contributed by atoms with Crippen molar-refractivity contribution in [1.29, 1.82) is 0 Å². The molecule has 4 rings (SSSR count). The average molecular weight is 469 g/mol. The molecule has 0 unspecified atom stereocenters. The minimum absolute atomic E-state index is 0.159. The van der Waals surface area contributed by atoms with Gasteiger partial charge in [0.15, 0.2) is 0 Å². The molecule has 2 heterocycles. The number of aryl methyl sites for hydroxylation is 1. The molecule has 5 nitrogen and oxygen atoms in total. The van der Waals surface area contributed by atoms with Crippen LogP contribution in [0.3, 0.4) is 0 Å². The second-order valence-corrected chi connectivity index (χ2v) is 8.52. The van der Waals surface area contributed by atoms with Crippen LogP contribution in [0.4, 0.5) is 0 Å². The predicted octanol–water partition coefficient (Wildman–Crippen LogP) is 4.93. The molecule has 0 bridgehead atoms. The fraction of sp³-hybridized carbons (Fsp3) is 0.136. The van der Waals surface area contributed by atoms with E-state index >= 15 is 0 Å². The standard InChI is InChI=1S/C22H17BrN2O3S/c1-14-18-20(29-19(14)22(27)28-12-16-5-3-2-4-6-16)24-13-25(21(18)26)11-15-7-9-17(23)10-8-15/h2-10,13H,11-12H2,1H3. The lowest BCUT2D eigenvalue weighted by molar-refractivity contribution is 0.0478. The number of esters is 1. The second-order valence-electron chi connectivity index (χ2n) is 6.60. The molecular formula is C22H17BrN2O3S. The molecule has 0 aliphatic rings. The Bertz CT molecular complexity index is 1230. The molecule has 0 radical (unpaired) electrons. The van der Waals surface area contributed by atoms with Gasteiger partial charge < -0.3 is 4.74 Å². The molecule has 0 saturated heterocycles. The molecule has 0 fully saturated rings. The van der Waals surface area contributed by atoms with Crippen molar-refractivity contribution in [2.24, 2.45) is 0 Å². The van der Waals surface area contributed by atoms with Gasteiger partial charge in [0.2, 0.25) is 0 Å². The fourth-order valence-corrected chi connectivity index (χ4v) is 4.34. The van der Waals surface area contributed by atoms with E-state index in [-0.39, 0.29) is 12.2 Å².